The summed E-state index contributed by atoms with van der Waals surface area (Å²) in [5.74, 6) is 0.555. The molecule has 5 nitrogen and oxygen atoms in total. The predicted octanol–water partition coefficient (Wildman–Crippen LogP) is 2.75. The second kappa shape index (κ2) is 6.70. The van der Waals surface area contributed by atoms with Crippen LogP contribution in [0.4, 0.5) is 5.13 Å². The summed E-state index contributed by atoms with van der Waals surface area (Å²) >= 11 is 1.35. The number of aromatic nitrogens is 1. The number of rotatable bonds is 4. The van der Waals surface area contributed by atoms with E-state index in [0.29, 0.717) is 16.6 Å². The van der Waals surface area contributed by atoms with Gasteiger partial charge in [-0.2, -0.15) is 0 Å². The van der Waals surface area contributed by atoms with Crippen LogP contribution in [0.5, 0.6) is 0 Å². The monoisotopic (exact) mass is 301 g/mol. The normalized spacial score (nSPS) is 12.0. The van der Waals surface area contributed by atoms with Crippen molar-refractivity contribution < 1.29 is 9.21 Å². The fourth-order valence-electron chi connectivity index (χ4n) is 1.36. The molecular formula is C12H16ClN3O2S. The number of carbonyl (C=O) groups excluding carboxylic acids is 1. The lowest BCUT2D eigenvalue weighted by Gasteiger charge is -2.13. The van der Waals surface area contributed by atoms with Crippen LogP contribution in [0, 0.1) is 5.92 Å². The first kappa shape index (κ1) is 15.7. The minimum atomic E-state index is -0.527. The third-order valence-corrected chi connectivity index (χ3v) is 3.29. The number of halogens is 1. The Balaban J connectivity index is 0.00000180. The molecule has 0 aliphatic carbocycles. The SMILES string of the molecule is CC(C)C(N)C(=O)Nc1nc(-c2ccco2)cs1.Cl. The van der Waals surface area contributed by atoms with Gasteiger partial charge in [-0.05, 0) is 18.1 Å². The number of nitrogens with one attached hydrogen (secondary N) is 1. The van der Waals surface area contributed by atoms with Crippen molar-refractivity contribution in [1.82, 2.24) is 4.98 Å². The fraction of sp³-hybridized carbons (Fsp3) is 0.333. The first-order valence-electron chi connectivity index (χ1n) is 5.64. The van der Waals surface area contributed by atoms with Crippen molar-refractivity contribution in [1.29, 1.82) is 0 Å². The molecule has 0 aliphatic rings. The van der Waals surface area contributed by atoms with Crippen LogP contribution in [0.2, 0.25) is 0 Å². The molecule has 104 valence electrons. The number of hydrogen-bond acceptors (Lipinski definition) is 5. The molecule has 0 saturated heterocycles. The summed E-state index contributed by atoms with van der Waals surface area (Å²) in [6.07, 6.45) is 1.58. The molecule has 0 bridgehead atoms. The van der Waals surface area contributed by atoms with E-state index in [2.05, 4.69) is 10.3 Å². The van der Waals surface area contributed by atoms with Crippen LogP contribution in [0.25, 0.3) is 11.5 Å². The summed E-state index contributed by atoms with van der Waals surface area (Å²) < 4.78 is 5.23. The van der Waals surface area contributed by atoms with Crippen LogP contribution in [0.1, 0.15) is 13.8 Å². The van der Waals surface area contributed by atoms with Gasteiger partial charge in [0.2, 0.25) is 5.91 Å². The van der Waals surface area contributed by atoms with Gasteiger partial charge in [-0.3, -0.25) is 4.79 Å². The van der Waals surface area contributed by atoms with Gasteiger partial charge in [0.1, 0.15) is 5.69 Å². The molecule has 3 N–H and O–H groups in total. The van der Waals surface area contributed by atoms with Gasteiger partial charge in [-0.15, -0.1) is 23.7 Å². The lowest BCUT2D eigenvalue weighted by Crippen LogP contribution is -2.39. The van der Waals surface area contributed by atoms with Crippen molar-refractivity contribution in [2.75, 3.05) is 5.32 Å². The molecule has 0 spiro atoms. The van der Waals surface area contributed by atoms with Crippen LogP contribution < -0.4 is 11.1 Å². The van der Waals surface area contributed by atoms with Gasteiger partial charge in [0.15, 0.2) is 10.9 Å². The Labute approximate surface area is 121 Å². The minimum Gasteiger partial charge on any atom is -0.463 e. The van der Waals surface area contributed by atoms with Gasteiger partial charge in [-0.1, -0.05) is 13.8 Å². The number of thiazole rings is 1. The van der Waals surface area contributed by atoms with Crippen molar-refractivity contribution in [3.63, 3.8) is 0 Å². The van der Waals surface area contributed by atoms with Gasteiger partial charge < -0.3 is 15.5 Å². The Morgan fingerprint density at radius 3 is 2.84 bits per heavy atom. The van der Waals surface area contributed by atoms with E-state index in [4.69, 9.17) is 10.2 Å². The highest BCUT2D eigenvalue weighted by molar-refractivity contribution is 7.14. The van der Waals surface area contributed by atoms with E-state index < -0.39 is 6.04 Å². The quantitative estimate of drug-likeness (QED) is 0.910. The summed E-state index contributed by atoms with van der Waals surface area (Å²) in [6.45, 7) is 3.81. The number of hydrogen-bond donors (Lipinski definition) is 2. The highest BCUT2D eigenvalue weighted by Gasteiger charge is 2.18. The molecule has 0 aliphatic heterocycles. The molecule has 2 rings (SSSR count). The van der Waals surface area contributed by atoms with Gasteiger partial charge in [0.25, 0.3) is 0 Å². The van der Waals surface area contributed by atoms with E-state index in [0.717, 1.165) is 0 Å². The van der Waals surface area contributed by atoms with Crippen molar-refractivity contribution >= 4 is 34.8 Å². The summed E-state index contributed by atoms with van der Waals surface area (Å²) in [4.78, 5) is 16.0. The zero-order chi connectivity index (χ0) is 13.1. The van der Waals surface area contributed by atoms with E-state index in [-0.39, 0.29) is 24.2 Å². The molecule has 1 unspecified atom stereocenters. The highest BCUT2D eigenvalue weighted by atomic mass is 35.5. The molecule has 7 heteroatoms. The van der Waals surface area contributed by atoms with Crippen LogP contribution in [0.15, 0.2) is 28.2 Å². The Morgan fingerprint density at radius 2 is 2.26 bits per heavy atom. The third-order valence-electron chi connectivity index (χ3n) is 2.53. The van der Waals surface area contributed by atoms with Crippen molar-refractivity contribution in [2.24, 2.45) is 11.7 Å². The number of amides is 1. The molecular weight excluding hydrogens is 286 g/mol. The van der Waals surface area contributed by atoms with Gasteiger partial charge >= 0.3 is 0 Å². The summed E-state index contributed by atoms with van der Waals surface area (Å²) in [5, 5.41) is 5.07. The number of furan rings is 1. The number of anilines is 1. The average molecular weight is 302 g/mol. The Bertz CT molecular complexity index is 525. The Morgan fingerprint density at radius 1 is 1.53 bits per heavy atom. The van der Waals surface area contributed by atoms with E-state index in [1.807, 2.05) is 25.3 Å². The molecule has 1 atom stereocenters. The van der Waals surface area contributed by atoms with Crippen LogP contribution in [-0.4, -0.2) is 16.9 Å². The zero-order valence-corrected chi connectivity index (χ0v) is 12.3. The topological polar surface area (TPSA) is 81.2 Å². The summed E-state index contributed by atoms with van der Waals surface area (Å²) in [7, 11) is 0. The van der Waals surface area contributed by atoms with E-state index in [9.17, 15) is 4.79 Å². The van der Waals surface area contributed by atoms with Gasteiger partial charge in [-0.25, -0.2) is 4.98 Å². The second-order valence-electron chi connectivity index (χ2n) is 4.27. The van der Waals surface area contributed by atoms with Crippen LogP contribution in [0.3, 0.4) is 0 Å². The first-order chi connectivity index (χ1) is 8.58. The lowest BCUT2D eigenvalue weighted by molar-refractivity contribution is -0.118. The van der Waals surface area contributed by atoms with Crippen LogP contribution >= 0.6 is 23.7 Å². The molecule has 2 heterocycles. The number of nitrogens with two attached hydrogens (primary N) is 1. The van der Waals surface area contributed by atoms with Crippen LogP contribution in [-0.2, 0) is 4.79 Å². The molecule has 1 amide bonds. The minimum absolute atomic E-state index is 0. The van der Waals surface area contributed by atoms with Gasteiger partial charge in [0.05, 0.1) is 12.3 Å². The maximum atomic E-state index is 11.8. The molecule has 0 fully saturated rings. The second-order valence-corrected chi connectivity index (χ2v) is 5.13. The maximum Gasteiger partial charge on any atom is 0.243 e. The smallest absolute Gasteiger partial charge is 0.243 e. The molecule has 0 radical (unpaired) electrons. The lowest BCUT2D eigenvalue weighted by atomic mass is 10.1. The van der Waals surface area contributed by atoms with Crippen molar-refractivity contribution in [3.05, 3.63) is 23.8 Å². The molecule has 0 aromatic carbocycles. The molecule has 2 aromatic heterocycles. The van der Waals surface area contributed by atoms with E-state index >= 15 is 0 Å². The standard InChI is InChI=1S/C12H15N3O2S.ClH/c1-7(2)10(13)11(16)15-12-14-8(6-18-12)9-4-3-5-17-9;/h3-7,10H,13H2,1-2H3,(H,14,15,16);1H. The van der Waals surface area contributed by atoms with Gasteiger partial charge in [0, 0.05) is 5.38 Å². The molecule has 2 aromatic rings. The molecule has 19 heavy (non-hydrogen) atoms. The fourth-order valence-corrected chi connectivity index (χ4v) is 2.06. The predicted molar refractivity (Wildman–Crippen MR) is 78.5 cm³/mol. The number of nitrogens with zero attached hydrogens (tertiary/aromatic N) is 1. The average Bonchev–Trinajstić information content (AvgIpc) is 2.96. The van der Waals surface area contributed by atoms with E-state index in [1.54, 1.807) is 12.3 Å². The third kappa shape index (κ3) is 3.79. The van der Waals surface area contributed by atoms with Crippen molar-refractivity contribution in [3.8, 4) is 11.5 Å². The van der Waals surface area contributed by atoms with E-state index in [1.165, 1.54) is 11.3 Å². The molecule has 0 saturated carbocycles. The highest BCUT2D eigenvalue weighted by Crippen LogP contribution is 2.25. The largest absolute Gasteiger partial charge is 0.463 e. The maximum absolute atomic E-state index is 11.8. The summed E-state index contributed by atoms with van der Waals surface area (Å²) in [6, 6.07) is 3.09. The zero-order valence-electron chi connectivity index (χ0n) is 10.6. The first-order valence-corrected chi connectivity index (χ1v) is 6.51. The Kier molecular flexibility index (Phi) is 5.53. The Hall–Kier alpha value is -1.37. The summed E-state index contributed by atoms with van der Waals surface area (Å²) in [5.41, 5.74) is 6.46. The number of carbonyl (C=O) groups is 1. The van der Waals surface area contributed by atoms with Crippen molar-refractivity contribution in [2.45, 2.75) is 19.9 Å².